The first kappa shape index (κ1) is 13.7. The minimum Gasteiger partial charge on any atom is -0.496 e. The number of hydrogen-bond acceptors (Lipinski definition) is 2. The molecule has 1 aromatic heterocycles. The van der Waals surface area contributed by atoms with Gasteiger partial charge in [-0.05, 0) is 40.0 Å². The number of para-hydroxylation sites is 1. The van der Waals surface area contributed by atoms with Gasteiger partial charge in [-0.15, -0.1) is 0 Å². The van der Waals surface area contributed by atoms with Gasteiger partial charge in [0.15, 0.2) is 0 Å². The molecule has 0 radical (unpaired) electrons. The van der Waals surface area contributed by atoms with Gasteiger partial charge in [0.2, 0.25) is 0 Å². The minimum atomic E-state index is -0.925. The average molecular weight is 324 g/mol. The van der Waals surface area contributed by atoms with Crippen LogP contribution in [0.5, 0.6) is 5.75 Å². The number of carbonyl (C=O) groups is 1. The standard InChI is InChI=1S/C14H14BrNO3/c1-19-13-5-3-2-4-10(13)6-7-16-9-11(15)8-12(16)14(17)18/h2-5,8-9H,6-7H2,1H3,(H,17,18). The molecule has 19 heavy (non-hydrogen) atoms. The summed E-state index contributed by atoms with van der Waals surface area (Å²) >= 11 is 3.30. The van der Waals surface area contributed by atoms with E-state index >= 15 is 0 Å². The Hall–Kier alpha value is -1.75. The van der Waals surface area contributed by atoms with E-state index in [1.807, 2.05) is 24.3 Å². The molecule has 0 amide bonds. The first-order chi connectivity index (χ1) is 9.11. The molecular formula is C14H14BrNO3. The molecule has 2 aromatic rings. The summed E-state index contributed by atoms with van der Waals surface area (Å²) in [6.45, 7) is 0.591. The predicted molar refractivity (Wildman–Crippen MR) is 75.8 cm³/mol. The Morgan fingerprint density at radius 2 is 2.16 bits per heavy atom. The van der Waals surface area contributed by atoms with Gasteiger partial charge < -0.3 is 14.4 Å². The van der Waals surface area contributed by atoms with Crippen LogP contribution in [-0.2, 0) is 13.0 Å². The number of ether oxygens (including phenoxy) is 1. The molecule has 0 aliphatic rings. The van der Waals surface area contributed by atoms with Crippen molar-refractivity contribution in [2.45, 2.75) is 13.0 Å². The van der Waals surface area contributed by atoms with Gasteiger partial charge in [0.25, 0.3) is 0 Å². The molecule has 4 nitrogen and oxygen atoms in total. The Morgan fingerprint density at radius 1 is 1.42 bits per heavy atom. The summed E-state index contributed by atoms with van der Waals surface area (Å²) in [4.78, 5) is 11.1. The van der Waals surface area contributed by atoms with E-state index in [1.165, 1.54) is 0 Å². The Bertz CT molecular complexity index is 592. The molecule has 0 saturated heterocycles. The van der Waals surface area contributed by atoms with Crippen molar-refractivity contribution in [3.8, 4) is 5.75 Å². The Labute approximate surface area is 119 Å². The summed E-state index contributed by atoms with van der Waals surface area (Å²) in [5.74, 6) is -0.101. The first-order valence-electron chi connectivity index (χ1n) is 5.82. The molecule has 0 bridgehead atoms. The molecule has 0 saturated carbocycles. The second kappa shape index (κ2) is 5.93. The zero-order valence-corrected chi connectivity index (χ0v) is 12.1. The minimum absolute atomic E-state index is 0.279. The molecule has 0 fully saturated rings. The highest BCUT2D eigenvalue weighted by molar-refractivity contribution is 9.10. The fourth-order valence-electron chi connectivity index (χ4n) is 1.99. The van der Waals surface area contributed by atoms with E-state index in [4.69, 9.17) is 9.84 Å². The summed E-state index contributed by atoms with van der Waals surface area (Å²) < 4.78 is 7.77. The lowest BCUT2D eigenvalue weighted by atomic mass is 10.1. The van der Waals surface area contributed by atoms with Gasteiger partial charge >= 0.3 is 5.97 Å². The monoisotopic (exact) mass is 323 g/mol. The summed E-state index contributed by atoms with van der Waals surface area (Å²) in [6, 6.07) is 9.35. The third-order valence-electron chi connectivity index (χ3n) is 2.90. The molecule has 2 rings (SSSR count). The van der Waals surface area contributed by atoms with Crippen LogP contribution in [0.2, 0.25) is 0 Å². The zero-order valence-electron chi connectivity index (χ0n) is 10.5. The van der Waals surface area contributed by atoms with Crippen molar-refractivity contribution in [2.75, 3.05) is 7.11 Å². The molecule has 100 valence electrons. The van der Waals surface area contributed by atoms with E-state index in [0.717, 1.165) is 15.8 Å². The lowest BCUT2D eigenvalue weighted by Crippen LogP contribution is -2.09. The lowest BCUT2D eigenvalue weighted by molar-refractivity contribution is 0.0685. The Morgan fingerprint density at radius 3 is 2.84 bits per heavy atom. The van der Waals surface area contributed by atoms with Gasteiger partial charge in [0.05, 0.1) is 7.11 Å². The second-order valence-electron chi connectivity index (χ2n) is 4.10. The second-order valence-corrected chi connectivity index (χ2v) is 5.02. The van der Waals surface area contributed by atoms with E-state index in [-0.39, 0.29) is 5.69 Å². The Kier molecular flexibility index (Phi) is 4.27. The summed E-state index contributed by atoms with van der Waals surface area (Å²) in [5.41, 5.74) is 1.34. The summed E-state index contributed by atoms with van der Waals surface area (Å²) in [6.07, 6.45) is 2.49. The molecule has 5 heteroatoms. The fraction of sp³-hybridized carbons (Fsp3) is 0.214. The highest BCUT2D eigenvalue weighted by atomic mass is 79.9. The van der Waals surface area contributed by atoms with E-state index in [9.17, 15) is 4.79 Å². The highest BCUT2D eigenvalue weighted by Gasteiger charge is 2.12. The zero-order chi connectivity index (χ0) is 13.8. The van der Waals surface area contributed by atoms with Gasteiger partial charge in [0.1, 0.15) is 11.4 Å². The van der Waals surface area contributed by atoms with Crippen LogP contribution in [0.1, 0.15) is 16.1 Å². The van der Waals surface area contributed by atoms with Crippen molar-refractivity contribution in [3.63, 3.8) is 0 Å². The molecule has 0 unspecified atom stereocenters. The number of aryl methyl sites for hydroxylation is 2. The topological polar surface area (TPSA) is 51.5 Å². The number of aromatic carboxylic acids is 1. The van der Waals surface area contributed by atoms with Crippen molar-refractivity contribution < 1.29 is 14.6 Å². The first-order valence-corrected chi connectivity index (χ1v) is 6.62. The van der Waals surface area contributed by atoms with Crippen molar-refractivity contribution in [1.29, 1.82) is 0 Å². The van der Waals surface area contributed by atoms with Crippen LogP contribution in [0.15, 0.2) is 41.0 Å². The number of halogens is 1. The third kappa shape index (κ3) is 3.17. The number of aromatic nitrogens is 1. The Balaban J connectivity index is 2.16. The summed E-state index contributed by atoms with van der Waals surface area (Å²) in [5, 5.41) is 9.11. The molecule has 0 spiro atoms. The number of benzene rings is 1. The third-order valence-corrected chi connectivity index (χ3v) is 3.33. The quantitative estimate of drug-likeness (QED) is 0.919. The largest absolute Gasteiger partial charge is 0.496 e. The van der Waals surface area contributed by atoms with Crippen molar-refractivity contribution in [3.05, 3.63) is 52.3 Å². The number of hydrogen-bond donors (Lipinski definition) is 1. The molecule has 1 N–H and O–H groups in total. The number of rotatable bonds is 5. The van der Waals surface area contributed by atoms with Crippen LogP contribution >= 0.6 is 15.9 Å². The van der Waals surface area contributed by atoms with Crippen LogP contribution in [-0.4, -0.2) is 22.8 Å². The van der Waals surface area contributed by atoms with Gasteiger partial charge in [0, 0.05) is 17.2 Å². The van der Waals surface area contributed by atoms with E-state index < -0.39 is 5.97 Å². The van der Waals surface area contributed by atoms with Crippen LogP contribution < -0.4 is 4.74 Å². The van der Waals surface area contributed by atoms with E-state index in [1.54, 1.807) is 23.9 Å². The van der Waals surface area contributed by atoms with Crippen molar-refractivity contribution in [2.24, 2.45) is 0 Å². The SMILES string of the molecule is COc1ccccc1CCn1cc(Br)cc1C(=O)O. The number of nitrogens with zero attached hydrogens (tertiary/aromatic N) is 1. The van der Waals surface area contributed by atoms with Crippen molar-refractivity contribution >= 4 is 21.9 Å². The summed E-state index contributed by atoms with van der Waals surface area (Å²) in [7, 11) is 1.63. The van der Waals surface area contributed by atoms with E-state index in [2.05, 4.69) is 15.9 Å². The van der Waals surface area contributed by atoms with Gasteiger partial charge in [-0.25, -0.2) is 4.79 Å². The van der Waals surface area contributed by atoms with E-state index in [0.29, 0.717) is 13.0 Å². The lowest BCUT2D eigenvalue weighted by Gasteiger charge is -2.09. The number of carboxylic acids is 1. The molecule has 1 heterocycles. The number of carboxylic acid groups (broad SMARTS) is 1. The molecule has 0 aliphatic heterocycles. The normalized spacial score (nSPS) is 10.4. The molecular weight excluding hydrogens is 310 g/mol. The molecule has 1 aromatic carbocycles. The molecule has 0 aliphatic carbocycles. The maximum Gasteiger partial charge on any atom is 0.352 e. The number of methoxy groups -OCH3 is 1. The average Bonchev–Trinajstić information content (AvgIpc) is 2.78. The fourth-order valence-corrected chi connectivity index (χ4v) is 2.45. The van der Waals surface area contributed by atoms with Crippen molar-refractivity contribution in [1.82, 2.24) is 4.57 Å². The van der Waals surface area contributed by atoms with Crippen LogP contribution in [0.4, 0.5) is 0 Å². The van der Waals surface area contributed by atoms with Gasteiger partial charge in [-0.1, -0.05) is 18.2 Å². The maximum atomic E-state index is 11.1. The predicted octanol–water partition coefficient (Wildman–Crippen LogP) is 3.20. The highest BCUT2D eigenvalue weighted by Crippen LogP contribution is 2.20. The van der Waals surface area contributed by atoms with Gasteiger partial charge in [-0.3, -0.25) is 0 Å². The molecule has 0 atom stereocenters. The van der Waals surface area contributed by atoms with Crippen LogP contribution in [0.3, 0.4) is 0 Å². The van der Waals surface area contributed by atoms with Crippen LogP contribution in [0, 0.1) is 0 Å². The smallest absolute Gasteiger partial charge is 0.352 e. The maximum absolute atomic E-state index is 11.1. The van der Waals surface area contributed by atoms with Crippen LogP contribution in [0.25, 0.3) is 0 Å². The van der Waals surface area contributed by atoms with Gasteiger partial charge in [-0.2, -0.15) is 0 Å².